The summed E-state index contributed by atoms with van der Waals surface area (Å²) in [6, 6.07) is 17.0. The van der Waals surface area contributed by atoms with Gasteiger partial charge in [0.2, 0.25) is 0 Å². The van der Waals surface area contributed by atoms with E-state index < -0.39 is 0 Å². The minimum Gasteiger partial charge on any atom is -0.373 e. The largest absolute Gasteiger partial charge is 1.00 e. The summed E-state index contributed by atoms with van der Waals surface area (Å²) in [5.41, 5.74) is 29.1. The maximum Gasteiger partial charge on any atom is 1.00 e. The van der Waals surface area contributed by atoms with Crippen LogP contribution in [0.3, 0.4) is 0 Å². The molecule has 0 radical (unpaired) electrons. The number of fused-ring (bicyclic) bond motifs is 2. The first kappa shape index (κ1) is 43.1. The average molecular weight is 913 g/mol. The molecule has 0 spiro atoms. The monoisotopic (exact) mass is 912 g/mol. The Morgan fingerprint density at radius 1 is 0.714 bits per heavy atom. The van der Waals surface area contributed by atoms with Gasteiger partial charge in [-0.25, -0.2) is 38.7 Å². The third kappa shape index (κ3) is 9.54. The smallest absolute Gasteiger partial charge is 0.373 e. The summed E-state index contributed by atoms with van der Waals surface area (Å²) in [5.74, 6) is 1.47. The van der Waals surface area contributed by atoms with Crippen molar-refractivity contribution in [3.05, 3.63) is 123 Å². The van der Waals surface area contributed by atoms with Crippen LogP contribution in [0.25, 0.3) is 71.7 Å². The summed E-state index contributed by atoms with van der Waals surface area (Å²) in [6.45, 7) is 0.357. The molecule has 0 saturated carbocycles. The third-order valence-electron chi connectivity index (χ3n) is 8.99. The number of halogens is 3. The number of aryl methyl sites for hydroxylation is 2. The van der Waals surface area contributed by atoms with E-state index in [1.807, 2.05) is 24.6 Å². The second-order valence-electron chi connectivity index (χ2n) is 12.1. The molecular weight excluding hydrogens is 881 g/mol. The molecule has 2 aliphatic rings. The summed E-state index contributed by atoms with van der Waals surface area (Å²) >= 11 is 5.41. The van der Waals surface area contributed by atoms with Crippen molar-refractivity contribution in [1.29, 1.82) is 0 Å². The predicted molar refractivity (Wildman–Crippen MR) is 219 cm³/mol. The van der Waals surface area contributed by atoms with E-state index in [1.54, 1.807) is 36.7 Å². The van der Waals surface area contributed by atoms with Gasteiger partial charge in [0.15, 0.2) is 10.3 Å². The number of aromatic nitrogens is 8. The Bertz CT molecular complexity index is 2360. The van der Waals surface area contributed by atoms with Gasteiger partial charge in [0.25, 0.3) is 0 Å². The molecule has 14 nitrogen and oxygen atoms in total. The van der Waals surface area contributed by atoms with Crippen LogP contribution in [0.15, 0.2) is 88.5 Å². The Morgan fingerprint density at radius 2 is 1.14 bits per heavy atom. The fraction of sp³-hybridized carbons (Fsp3) is 0.278. The SMILES string of the molecule is CSc1nccc(-c2c(-c3ccc(F)cc3)nc3n2[C@H](CI)CC3)n1.CSc1nccc(-c2c(-c3ccc(F)cc3)nc3n2[C@H](CN=[N+]=[N-])CC3)n1.[N-]=[N+]=[N-].[Na+]. The number of benzene rings is 2. The molecule has 8 rings (SSSR count). The van der Waals surface area contributed by atoms with Gasteiger partial charge < -0.3 is 20.2 Å². The normalized spacial score (nSPS) is 14.8. The van der Waals surface area contributed by atoms with Crippen LogP contribution in [0.2, 0.25) is 0 Å². The Labute approximate surface area is 365 Å². The zero-order valence-electron chi connectivity index (χ0n) is 30.5. The van der Waals surface area contributed by atoms with Gasteiger partial charge in [0.05, 0.1) is 34.2 Å². The molecular formula is C36H32F2IN14NaS2. The Morgan fingerprint density at radius 3 is 1.55 bits per heavy atom. The standard InChI is InChI=1S/C18H16FIN4S.C18H16FN7S.N3.Na/c1-25-18-21-9-8-14(22-18)17-16(11-2-4-12(19)5-3-11)23-15-7-6-13(10-20)24(15)17;1-27-18-21-9-8-14(23-18)17-16(11-2-4-12(19)5-3-11)24-15-7-6-13(26(15)17)10-22-25-20;1-3-2;/h2-5,8-9,13H,6-7,10H2,1H3;2-5,8-9,13H,6-7,10H2,1H3;;/q;;-1;+1/t2*13-;;/m00../s1. The number of alkyl halides is 1. The van der Waals surface area contributed by atoms with Crippen molar-refractivity contribution in [1.82, 2.24) is 39.0 Å². The van der Waals surface area contributed by atoms with Gasteiger partial charge in [-0.1, -0.05) is 51.2 Å². The third-order valence-corrected chi connectivity index (χ3v) is 11.1. The minimum atomic E-state index is -0.292. The summed E-state index contributed by atoms with van der Waals surface area (Å²) in [7, 11) is 0. The van der Waals surface area contributed by atoms with Gasteiger partial charge in [-0.15, -0.1) is 0 Å². The minimum absolute atomic E-state index is 0. The maximum absolute atomic E-state index is 13.4. The van der Waals surface area contributed by atoms with E-state index in [0.717, 1.165) is 92.2 Å². The van der Waals surface area contributed by atoms with Gasteiger partial charge in [-0.2, -0.15) is 0 Å². The Balaban J connectivity index is 0.000000198. The van der Waals surface area contributed by atoms with E-state index in [1.165, 1.54) is 52.7 Å². The van der Waals surface area contributed by atoms with Crippen molar-refractivity contribution in [2.45, 2.75) is 48.1 Å². The molecule has 0 N–H and O–H groups in total. The molecule has 0 unspecified atom stereocenters. The van der Waals surface area contributed by atoms with E-state index in [2.05, 4.69) is 56.7 Å². The summed E-state index contributed by atoms with van der Waals surface area (Å²) in [5, 5.41) is 5.16. The second-order valence-corrected chi connectivity index (χ2v) is 14.5. The fourth-order valence-corrected chi connectivity index (χ4v) is 8.19. The molecule has 4 aromatic heterocycles. The first-order valence-electron chi connectivity index (χ1n) is 16.9. The van der Waals surface area contributed by atoms with Crippen LogP contribution in [0.5, 0.6) is 0 Å². The second kappa shape index (κ2) is 20.4. The summed E-state index contributed by atoms with van der Waals surface area (Å²) in [6.07, 6.45) is 11.1. The maximum atomic E-state index is 13.4. The van der Waals surface area contributed by atoms with Crippen LogP contribution in [0.1, 0.15) is 36.6 Å². The van der Waals surface area contributed by atoms with Crippen molar-refractivity contribution < 1.29 is 38.3 Å². The molecule has 0 fully saturated rings. The summed E-state index contributed by atoms with van der Waals surface area (Å²) in [4.78, 5) is 32.0. The first-order chi connectivity index (χ1) is 26.8. The van der Waals surface area contributed by atoms with Gasteiger partial charge in [0, 0.05) is 64.3 Å². The molecule has 0 amide bonds. The van der Waals surface area contributed by atoms with Gasteiger partial charge in [-0.05, 0) is 91.5 Å². The molecule has 0 bridgehead atoms. The van der Waals surface area contributed by atoms with Crippen molar-refractivity contribution in [3.8, 4) is 45.3 Å². The van der Waals surface area contributed by atoms with Crippen molar-refractivity contribution in [2.75, 3.05) is 23.5 Å². The van der Waals surface area contributed by atoms with Crippen molar-refractivity contribution in [2.24, 2.45) is 5.11 Å². The molecule has 2 aromatic carbocycles. The number of nitrogens with zero attached hydrogens (tertiary/aromatic N) is 14. The molecule has 20 heteroatoms. The van der Waals surface area contributed by atoms with Crippen LogP contribution in [-0.2, 0) is 12.8 Å². The van der Waals surface area contributed by atoms with Gasteiger partial charge in [0.1, 0.15) is 23.3 Å². The van der Waals surface area contributed by atoms with E-state index in [4.69, 9.17) is 31.5 Å². The molecule has 0 saturated heterocycles. The van der Waals surface area contributed by atoms with Crippen LogP contribution in [0.4, 0.5) is 8.78 Å². The fourth-order valence-electron chi connectivity index (χ4n) is 6.65. The van der Waals surface area contributed by atoms with E-state index in [9.17, 15) is 8.78 Å². The Hall–Kier alpha value is -4.07. The van der Waals surface area contributed by atoms with Crippen LogP contribution in [0, 0.1) is 11.6 Å². The molecule has 0 aliphatic carbocycles. The molecule has 6 heterocycles. The van der Waals surface area contributed by atoms with E-state index in [0.29, 0.717) is 17.7 Å². The zero-order valence-corrected chi connectivity index (χ0v) is 36.3. The van der Waals surface area contributed by atoms with E-state index >= 15 is 0 Å². The number of hydrogen-bond acceptors (Lipinski definition) is 9. The van der Waals surface area contributed by atoms with Crippen LogP contribution in [-0.4, -0.2) is 62.5 Å². The van der Waals surface area contributed by atoms with Crippen molar-refractivity contribution >= 4 is 46.1 Å². The molecule has 56 heavy (non-hydrogen) atoms. The van der Waals surface area contributed by atoms with Gasteiger partial charge in [-0.3, -0.25) is 4.91 Å². The molecule has 2 aliphatic heterocycles. The summed E-state index contributed by atoms with van der Waals surface area (Å²) < 4.78 is 32.2. The number of thioether (sulfide) groups is 2. The number of azide groups is 1. The number of imidazole rings is 2. The predicted octanol–water partition coefficient (Wildman–Crippen LogP) is 7.33. The number of rotatable bonds is 9. The first-order valence-corrected chi connectivity index (χ1v) is 20.9. The number of hydrogen-bond donors (Lipinski definition) is 0. The molecule has 2 atom stereocenters. The molecule has 6 aromatic rings. The zero-order chi connectivity index (χ0) is 38.9. The van der Waals surface area contributed by atoms with Gasteiger partial charge >= 0.3 is 29.6 Å². The van der Waals surface area contributed by atoms with Crippen LogP contribution >= 0.6 is 46.1 Å². The Kier molecular flexibility index (Phi) is 15.7. The van der Waals surface area contributed by atoms with Crippen molar-refractivity contribution in [3.63, 3.8) is 0 Å². The topological polar surface area (TPSA) is 195 Å². The average Bonchev–Trinajstić information content (AvgIpc) is 3.99. The van der Waals surface area contributed by atoms with E-state index in [-0.39, 0.29) is 47.2 Å². The molecule has 280 valence electrons. The quantitative estimate of drug-likeness (QED) is 0.0210. The van der Waals surface area contributed by atoms with Crippen LogP contribution < -0.4 is 29.6 Å².